The molecule has 76 valence electrons. The van der Waals surface area contributed by atoms with Gasteiger partial charge in [0.25, 0.3) is 0 Å². The van der Waals surface area contributed by atoms with Crippen molar-refractivity contribution in [3.05, 3.63) is 28.5 Å². The zero-order valence-corrected chi connectivity index (χ0v) is 9.14. The molecule has 3 heteroatoms. The molecule has 1 saturated carbocycles. The first-order valence-corrected chi connectivity index (χ1v) is 5.37. The smallest absolute Gasteiger partial charge is 0.129 e. The van der Waals surface area contributed by atoms with Gasteiger partial charge >= 0.3 is 0 Å². The number of rotatable bonds is 3. The van der Waals surface area contributed by atoms with Gasteiger partial charge < -0.3 is 5.73 Å². The van der Waals surface area contributed by atoms with Crippen molar-refractivity contribution >= 4 is 11.6 Å². The molecule has 0 spiro atoms. The summed E-state index contributed by atoms with van der Waals surface area (Å²) in [5, 5.41) is 0.585. The summed E-state index contributed by atoms with van der Waals surface area (Å²) in [5.74, 6) is 0. The van der Waals surface area contributed by atoms with Crippen molar-refractivity contribution in [3.8, 4) is 0 Å². The Bertz CT molecular complexity index is 325. The van der Waals surface area contributed by atoms with Crippen LogP contribution in [0.25, 0.3) is 0 Å². The predicted octanol–water partition coefficient (Wildman–Crippen LogP) is 2.47. The van der Waals surface area contributed by atoms with E-state index in [-0.39, 0.29) is 5.54 Å². The highest BCUT2D eigenvalue weighted by molar-refractivity contribution is 6.29. The average Bonchev–Trinajstić information content (AvgIpc) is 2.80. The van der Waals surface area contributed by atoms with E-state index in [9.17, 15) is 0 Å². The molecular weight excluding hydrogens is 196 g/mol. The van der Waals surface area contributed by atoms with Crippen LogP contribution in [-0.4, -0.2) is 10.5 Å². The molecule has 14 heavy (non-hydrogen) atoms. The van der Waals surface area contributed by atoms with Crippen LogP contribution in [0.3, 0.4) is 0 Å². The van der Waals surface area contributed by atoms with E-state index < -0.39 is 0 Å². The topological polar surface area (TPSA) is 38.9 Å². The molecule has 0 atom stereocenters. The van der Waals surface area contributed by atoms with E-state index >= 15 is 0 Å². The van der Waals surface area contributed by atoms with E-state index in [1.54, 1.807) is 0 Å². The lowest BCUT2D eigenvalue weighted by Crippen LogP contribution is -2.22. The van der Waals surface area contributed by atoms with Gasteiger partial charge in [-0.05, 0) is 50.3 Å². The normalized spacial score (nSPS) is 18.2. The summed E-state index contributed by atoms with van der Waals surface area (Å²) in [6.45, 7) is 1.96. The fourth-order valence-corrected chi connectivity index (χ4v) is 1.92. The lowest BCUT2D eigenvalue weighted by molar-refractivity contribution is 0.609. The van der Waals surface area contributed by atoms with E-state index in [1.165, 1.54) is 18.4 Å². The molecule has 2 nitrogen and oxygen atoms in total. The Balaban J connectivity index is 2.01. The zero-order chi connectivity index (χ0) is 10.2. The summed E-state index contributed by atoms with van der Waals surface area (Å²) in [5.41, 5.74) is 8.38. The van der Waals surface area contributed by atoms with Gasteiger partial charge in [0.2, 0.25) is 0 Å². The molecule has 0 amide bonds. The minimum atomic E-state index is 0.129. The van der Waals surface area contributed by atoms with E-state index in [4.69, 9.17) is 17.3 Å². The van der Waals surface area contributed by atoms with Gasteiger partial charge in [0.15, 0.2) is 0 Å². The number of hydrogen-bond donors (Lipinski definition) is 1. The lowest BCUT2D eigenvalue weighted by Gasteiger charge is -2.08. The van der Waals surface area contributed by atoms with Gasteiger partial charge in [-0.15, -0.1) is 0 Å². The summed E-state index contributed by atoms with van der Waals surface area (Å²) in [6.07, 6.45) is 4.42. The summed E-state index contributed by atoms with van der Waals surface area (Å²) in [4.78, 5) is 4.13. The Labute approximate surface area is 89.5 Å². The second-order valence-corrected chi connectivity index (χ2v) is 4.69. The second kappa shape index (κ2) is 3.52. The first kappa shape index (κ1) is 9.94. The van der Waals surface area contributed by atoms with Crippen molar-refractivity contribution in [3.63, 3.8) is 0 Å². The van der Waals surface area contributed by atoms with Gasteiger partial charge in [0, 0.05) is 11.2 Å². The van der Waals surface area contributed by atoms with Crippen molar-refractivity contribution in [2.75, 3.05) is 0 Å². The maximum absolute atomic E-state index is 6.02. The maximum Gasteiger partial charge on any atom is 0.129 e. The van der Waals surface area contributed by atoms with Gasteiger partial charge in [-0.1, -0.05) is 11.6 Å². The van der Waals surface area contributed by atoms with Gasteiger partial charge in [0.1, 0.15) is 5.15 Å². The quantitative estimate of drug-likeness (QED) is 0.779. The molecular formula is C11H15ClN2. The molecule has 0 aliphatic heterocycles. The number of pyridine rings is 1. The van der Waals surface area contributed by atoms with Crippen molar-refractivity contribution < 1.29 is 0 Å². The number of nitrogens with zero attached hydrogens (tertiary/aromatic N) is 1. The Morgan fingerprint density at radius 3 is 2.79 bits per heavy atom. The Morgan fingerprint density at radius 2 is 2.21 bits per heavy atom. The summed E-state index contributed by atoms with van der Waals surface area (Å²) in [7, 11) is 0. The van der Waals surface area contributed by atoms with Crippen LogP contribution in [0.4, 0.5) is 0 Å². The number of nitrogens with two attached hydrogens (primary N) is 1. The molecule has 0 radical (unpaired) electrons. The molecule has 0 bridgehead atoms. The number of aromatic nitrogens is 1. The minimum absolute atomic E-state index is 0.129. The summed E-state index contributed by atoms with van der Waals surface area (Å²) >= 11 is 5.87. The van der Waals surface area contributed by atoms with Crippen LogP contribution in [0.15, 0.2) is 12.1 Å². The molecule has 1 fully saturated rings. The van der Waals surface area contributed by atoms with Crippen molar-refractivity contribution in [2.24, 2.45) is 5.73 Å². The molecule has 1 aliphatic carbocycles. The summed E-state index contributed by atoms with van der Waals surface area (Å²) in [6, 6.07) is 4.01. The van der Waals surface area contributed by atoms with Crippen molar-refractivity contribution in [2.45, 2.75) is 38.1 Å². The Morgan fingerprint density at radius 1 is 1.50 bits per heavy atom. The fraction of sp³-hybridized carbons (Fsp3) is 0.545. The third-order valence-corrected chi connectivity index (χ3v) is 2.98. The predicted molar refractivity (Wildman–Crippen MR) is 58.5 cm³/mol. The number of aryl methyl sites for hydroxylation is 2. The van der Waals surface area contributed by atoms with Gasteiger partial charge in [0.05, 0.1) is 0 Å². The Hall–Kier alpha value is -0.600. The van der Waals surface area contributed by atoms with Crippen LogP contribution in [0.2, 0.25) is 5.15 Å². The highest BCUT2D eigenvalue weighted by atomic mass is 35.5. The van der Waals surface area contributed by atoms with E-state index in [2.05, 4.69) is 11.1 Å². The second-order valence-electron chi connectivity index (χ2n) is 4.30. The van der Waals surface area contributed by atoms with E-state index in [0.29, 0.717) is 5.15 Å². The first-order valence-electron chi connectivity index (χ1n) is 4.99. The van der Waals surface area contributed by atoms with Crippen LogP contribution < -0.4 is 5.73 Å². The molecule has 2 rings (SSSR count). The molecule has 1 aromatic heterocycles. The van der Waals surface area contributed by atoms with E-state index in [1.807, 2.05) is 13.0 Å². The van der Waals surface area contributed by atoms with Crippen LogP contribution in [0.5, 0.6) is 0 Å². The molecule has 2 N–H and O–H groups in total. The maximum atomic E-state index is 6.02. The highest BCUT2D eigenvalue weighted by Gasteiger charge is 2.37. The third-order valence-electron chi connectivity index (χ3n) is 2.79. The molecule has 1 heterocycles. The molecule has 1 aromatic rings. The van der Waals surface area contributed by atoms with Gasteiger partial charge in [-0.25, -0.2) is 4.98 Å². The fourth-order valence-electron chi connectivity index (χ4n) is 1.64. The van der Waals surface area contributed by atoms with Crippen LogP contribution in [-0.2, 0) is 6.42 Å². The lowest BCUT2D eigenvalue weighted by atomic mass is 10.0. The Kier molecular flexibility index (Phi) is 2.50. The van der Waals surface area contributed by atoms with E-state index in [0.717, 1.165) is 18.5 Å². The van der Waals surface area contributed by atoms with Crippen LogP contribution in [0, 0.1) is 6.92 Å². The monoisotopic (exact) mass is 210 g/mol. The SMILES string of the molecule is Cc1cc(CCC2(N)CC2)cc(Cl)n1. The molecule has 0 unspecified atom stereocenters. The van der Waals surface area contributed by atoms with Crippen LogP contribution >= 0.6 is 11.6 Å². The van der Waals surface area contributed by atoms with Gasteiger partial charge in [-0.2, -0.15) is 0 Å². The average molecular weight is 211 g/mol. The number of hydrogen-bond acceptors (Lipinski definition) is 2. The van der Waals surface area contributed by atoms with Crippen molar-refractivity contribution in [1.82, 2.24) is 4.98 Å². The van der Waals surface area contributed by atoms with Gasteiger partial charge in [-0.3, -0.25) is 0 Å². The highest BCUT2D eigenvalue weighted by Crippen LogP contribution is 2.36. The first-order chi connectivity index (χ1) is 6.57. The molecule has 1 aliphatic rings. The number of halogens is 1. The minimum Gasteiger partial charge on any atom is -0.325 e. The molecule has 0 aromatic carbocycles. The zero-order valence-electron chi connectivity index (χ0n) is 8.39. The van der Waals surface area contributed by atoms with Crippen LogP contribution in [0.1, 0.15) is 30.5 Å². The standard InChI is InChI=1S/C11H15ClN2/c1-8-6-9(7-10(12)14-8)2-3-11(13)4-5-11/h6-7H,2-5,13H2,1H3. The summed E-state index contributed by atoms with van der Waals surface area (Å²) < 4.78 is 0. The van der Waals surface area contributed by atoms with Crippen molar-refractivity contribution in [1.29, 1.82) is 0 Å². The molecule has 0 saturated heterocycles. The third kappa shape index (κ3) is 2.46. The largest absolute Gasteiger partial charge is 0.325 e.